The summed E-state index contributed by atoms with van der Waals surface area (Å²) in [6, 6.07) is 16.9. The molecule has 0 unspecified atom stereocenters. The molecule has 1 aliphatic heterocycles. The summed E-state index contributed by atoms with van der Waals surface area (Å²) in [6.07, 6.45) is 5.65. The van der Waals surface area contributed by atoms with Crippen LogP contribution in [-0.2, 0) is 26.3 Å². The van der Waals surface area contributed by atoms with Gasteiger partial charge >= 0.3 is 0 Å². The Balaban J connectivity index is 1.56. The predicted octanol–water partition coefficient (Wildman–Crippen LogP) is 4.32. The molecule has 2 aromatic carbocycles. The summed E-state index contributed by atoms with van der Waals surface area (Å²) in [5.74, 6) is 0.543. The number of amides is 3. The van der Waals surface area contributed by atoms with Crippen LogP contribution in [-0.4, -0.2) is 48.2 Å². The maximum Gasteiger partial charge on any atom is 0.240 e. The number of ether oxygens (including phenoxy) is 1. The van der Waals surface area contributed by atoms with Crippen LogP contribution >= 0.6 is 0 Å². The van der Waals surface area contributed by atoms with Crippen molar-refractivity contribution in [2.24, 2.45) is 5.92 Å². The summed E-state index contributed by atoms with van der Waals surface area (Å²) in [5.41, 5.74) is 0.534. The number of imide groups is 1. The normalized spacial score (nSPS) is 21.1. The van der Waals surface area contributed by atoms with Gasteiger partial charge in [0.15, 0.2) is 0 Å². The second-order valence-corrected chi connectivity index (χ2v) is 9.72. The van der Waals surface area contributed by atoms with Gasteiger partial charge < -0.3 is 9.64 Å². The van der Waals surface area contributed by atoms with Crippen molar-refractivity contribution in [3.63, 3.8) is 0 Å². The largest absolute Gasteiger partial charge is 0.497 e. The van der Waals surface area contributed by atoms with E-state index in [1.165, 1.54) is 11.3 Å². The third kappa shape index (κ3) is 5.01. The smallest absolute Gasteiger partial charge is 0.240 e. The van der Waals surface area contributed by atoms with E-state index in [1.807, 2.05) is 54.6 Å². The van der Waals surface area contributed by atoms with E-state index in [-0.39, 0.29) is 30.6 Å². The minimum atomic E-state index is -1.15. The first-order valence-electron chi connectivity index (χ1n) is 12.2. The zero-order valence-electron chi connectivity index (χ0n) is 20.2. The Bertz CT molecular complexity index is 1030. The topological polar surface area (TPSA) is 66.9 Å². The van der Waals surface area contributed by atoms with E-state index in [4.69, 9.17) is 4.74 Å². The van der Waals surface area contributed by atoms with Crippen molar-refractivity contribution in [3.8, 4) is 5.75 Å². The lowest BCUT2D eigenvalue weighted by atomic mass is 9.75. The number of hydrogen-bond acceptors (Lipinski definition) is 4. The van der Waals surface area contributed by atoms with Crippen LogP contribution < -0.4 is 4.74 Å². The van der Waals surface area contributed by atoms with Gasteiger partial charge in [0, 0.05) is 33.0 Å². The molecule has 0 radical (unpaired) electrons. The number of methoxy groups -OCH3 is 1. The fourth-order valence-corrected chi connectivity index (χ4v) is 5.36. The Morgan fingerprint density at radius 1 is 1.06 bits per heavy atom. The van der Waals surface area contributed by atoms with Gasteiger partial charge in [-0.05, 0) is 42.0 Å². The number of hydrogen-bond donors (Lipinski definition) is 0. The zero-order chi connectivity index (χ0) is 24.1. The lowest BCUT2D eigenvalue weighted by Gasteiger charge is -2.31. The van der Waals surface area contributed by atoms with Crippen molar-refractivity contribution in [3.05, 3.63) is 65.7 Å². The van der Waals surface area contributed by atoms with Crippen molar-refractivity contribution < 1.29 is 19.1 Å². The zero-order valence-corrected chi connectivity index (χ0v) is 20.2. The van der Waals surface area contributed by atoms with Crippen LogP contribution in [0.1, 0.15) is 56.1 Å². The minimum absolute atomic E-state index is 0.0246. The van der Waals surface area contributed by atoms with Crippen LogP contribution in [0.2, 0.25) is 0 Å². The summed E-state index contributed by atoms with van der Waals surface area (Å²) in [4.78, 5) is 43.4. The average Bonchev–Trinajstić information content (AvgIpc) is 3.10. The fraction of sp³-hybridized carbons (Fsp3) is 0.464. The third-order valence-electron chi connectivity index (χ3n) is 7.33. The van der Waals surface area contributed by atoms with Gasteiger partial charge in [0.25, 0.3) is 0 Å². The second-order valence-electron chi connectivity index (χ2n) is 9.72. The maximum absolute atomic E-state index is 13.8. The molecule has 1 saturated heterocycles. The van der Waals surface area contributed by atoms with E-state index in [0.717, 1.165) is 42.6 Å². The van der Waals surface area contributed by atoms with Crippen LogP contribution in [0.4, 0.5) is 0 Å². The molecule has 4 rings (SSSR count). The molecule has 34 heavy (non-hydrogen) atoms. The highest BCUT2D eigenvalue weighted by Gasteiger charge is 2.54. The number of nitrogens with zero attached hydrogens (tertiary/aromatic N) is 2. The summed E-state index contributed by atoms with van der Waals surface area (Å²) >= 11 is 0. The van der Waals surface area contributed by atoms with Gasteiger partial charge in [0.05, 0.1) is 12.5 Å². The lowest BCUT2D eigenvalue weighted by molar-refractivity contribution is -0.143. The number of benzene rings is 2. The maximum atomic E-state index is 13.8. The van der Waals surface area contributed by atoms with Crippen molar-refractivity contribution in [1.82, 2.24) is 9.80 Å². The van der Waals surface area contributed by atoms with Gasteiger partial charge in [-0.1, -0.05) is 61.7 Å². The molecule has 6 heteroatoms. The first kappa shape index (κ1) is 24.0. The van der Waals surface area contributed by atoms with Crippen LogP contribution in [0.15, 0.2) is 54.6 Å². The summed E-state index contributed by atoms with van der Waals surface area (Å²) in [7, 11) is 3.35. The summed E-state index contributed by atoms with van der Waals surface area (Å²) in [6.45, 7) is 0.870. The van der Waals surface area contributed by atoms with Crippen LogP contribution in [0.3, 0.4) is 0 Å². The molecular weight excluding hydrogens is 428 g/mol. The van der Waals surface area contributed by atoms with Crippen molar-refractivity contribution >= 4 is 17.7 Å². The quantitative estimate of drug-likeness (QED) is 0.548. The Morgan fingerprint density at radius 2 is 1.79 bits per heavy atom. The first-order chi connectivity index (χ1) is 16.4. The molecule has 0 N–H and O–H groups in total. The Labute approximate surface area is 201 Å². The van der Waals surface area contributed by atoms with Gasteiger partial charge in [0.2, 0.25) is 17.7 Å². The van der Waals surface area contributed by atoms with Gasteiger partial charge in [-0.15, -0.1) is 0 Å². The molecular formula is C28H34N2O4. The molecule has 6 nitrogen and oxygen atoms in total. The van der Waals surface area contributed by atoms with Crippen molar-refractivity contribution in [2.75, 3.05) is 20.7 Å². The molecule has 1 atom stereocenters. The minimum Gasteiger partial charge on any atom is -0.497 e. The molecule has 2 fully saturated rings. The number of carbonyl (C=O) groups is 3. The summed E-state index contributed by atoms with van der Waals surface area (Å²) in [5, 5.41) is 0. The Hall–Kier alpha value is -3.15. The standard InChI is InChI=1S/C28H34N2O4/c1-29(19-22-12-9-15-24(16-22)34-2)25(31)17-28(23-13-7-4-8-14-23)18-26(32)30(27(28)33)20-21-10-5-3-6-11-21/h4,7-9,12-16,21H,3,5-6,10-11,17-20H2,1-2H3/t28-/m0/s1. The third-order valence-corrected chi connectivity index (χ3v) is 7.33. The highest BCUT2D eigenvalue weighted by atomic mass is 16.5. The fourth-order valence-electron chi connectivity index (χ4n) is 5.36. The Morgan fingerprint density at radius 3 is 2.50 bits per heavy atom. The molecule has 3 amide bonds. The van der Waals surface area contributed by atoms with E-state index in [2.05, 4.69) is 0 Å². The van der Waals surface area contributed by atoms with E-state index in [1.54, 1.807) is 19.1 Å². The average molecular weight is 463 g/mol. The number of likely N-dealkylation sites (tertiary alicyclic amines) is 1. The lowest BCUT2D eigenvalue weighted by Crippen LogP contribution is -2.44. The SMILES string of the molecule is COc1cccc(CN(C)C(=O)C[C@@]2(c3ccccc3)CC(=O)N(CC3CCCCC3)C2=O)c1. The van der Waals surface area contributed by atoms with Crippen LogP contribution in [0.5, 0.6) is 5.75 Å². The first-order valence-corrected chi connectivity index (χ1v) is 12.2. The molecule has 0 spiro atoms. The summed E-state index contributed by atoms with van der Waals surface area (Å²) < 4.78 is 5.29. The van der Waals surface area contributed by atoms with E-state index in [0.29, 0.717) is 19.0 Å². The Kier molecular flexibility index (Phi) is 7.35. The second kappa shape index (κ2) is 10.4. The van der Waals surface area contributed by atoms with E-state index >= 15 is 0 Å². The van der Waals surface area contributed by atoms with Gasteiger partial charge in [-0.25, -0.2) is 0 Å². The molecule has 1 saturated carbocycles. The van der Waals surface area contributed by atoms with E-state index in [9.17, 15) is 14.4 Å². The molecule has 180 valence electrons. The molecule has 2 aromatic rings. The molecule has 2 aliphatic rings. The highest BCUT2D eigenvalue weighted by Crippen LogP contribution is 2.41. The van der Waals surface area contributed by atoms with Crippen LogP contribution in [0, 0.1) is 5.92 Å². The molecule has 1 aliphatic carbocycles. The van der Waals surface area contributed by atoms with Crippen molar-refractivity contribution in [2.45, 2.75) is 56.9 Å². The number of rotatable bonds is 8. The predicted molar refractivity (Wildman–Crippen MR) is 130 cm³/mol. The van der Waals surface area contributed by atoms with Crippen LogP contribution in [0.25, 0.3) is 0 Å². The highest BCUT2D eigenvalue weighted by molar-refractivity contribution is 6.10. The molecule has 0 aromatic heterocycles. The molecule has 0 bridgehead atoms. The van der Waals surface area contributed by atoms with Gasteiger partial charge in [0.1, 0.15) is 5.75 Å². The van der Waals surface area contributed by atoms with Gasteiger partial charge in [-0.2, -0.15) is 0 Å². The number of carbonyl (C=O) groups excluding carboxylic acids is 3. The molecule has 1 heterocycles. The van der Waals surface area contributed by atoms with E-state index < -0.39 is 5.41 Å². The monoisotopic (exact) mass is 462 g/mol. The van der Waals surface area contributed by atoms with Gasteiger partial charge in [-0.3, -0.25) is 19.3 Å². The van der Waals surface area contributed by atoms with Crippen molar-refractivity contribution in [1.29, 1.82) is 0 Å².